The Hall–Kier alpha value is -1.33. The van der Waals surface area contributed by atoms with Crippen LogP contribution in [0.3, 0.4) is 0 Å². The van der Waals surface area contributed by atoms with Crippen molar-refractivity contribution >= 4 is 11.8 Å². The summed E-state index contributed by atoms with van der Waals surface area (Å²) in [6.45, 7) is 0.385. The van der Waals surface area contributed by atoms with Crippen LogP contribution in [0.15, 0.2) is 29.2 Å². The third-order valence-electron chi connectivity index (χ3n) is 2.07. The average Bonchev–Trinajstić information content (AvgIpc) is 2.78. The second-order valence-electron chi connectivity index (χ2n) is 3.04. The molecule has 1 heterocycles. The van der Waals surface area contributed by atoms with E-state index in [0.29, 0.717) is 18.2 Å². The Balaban J connectivity index is 2.28. The zero-order valence-electron chi connectivity index (χ0n) is 8.40. The van der Waals surface area contributed by atoms with Gasteiger partial charge in [0.15, 0.2) is 5.82 Å². The number of aromatic nitrogens is 3. The molecular weight excluding hydrogens is 208 g/mol. The van der Waals surface area contributed by atoms with E-state index >= 15 is 0 Å². The number of thioether (sulfide) groups is 1. The SMILES string of the molecule is CSc1ccc(-c2n[nH]c(CN)n2)cc1. The van der Waals surface area contributed by atoms with Gasteiger partial charge in [0.1, 0.15) is 5.82 Å². The fourth-order valence-electron chi connectivity index (χ4n) is 1.26. The molecule has 0 radical (unpaired) electrons. The first kappa shape index (κ1) is 10.2. The van der Waals surface area contributed by atoms with Crippen LogP contribution < -0.4 is 5.73 Å². The molecule has 0 aliphatic heterocycles. The number of hydrogen-bond acceptors (Lipinski definition) is 4. The van der Waals surface area contributed by atoms with Crippen LogP contribution in [0.25, 0.3) is 11.4 Å². The van der Waals surface area contributed by atoms with Gasteiger partial charge in [-0.1, -0.05) is 12.1 Å². The molecule has 0 saturated carbocycles. The van der Waals surface area contributed by atoms with Crippen molar-refractivity contribution in [3.8, 4) is 11.4 Å². The van der Waals surface area contributed by atoms with Crippen LogP contribution in [0, 0.1) is 0 Å². The van der Waals surface area contributed by atoms with Gasteiger partial charge >= 0.3 is 0 Å². The highest BCUT2D eigenvalue weighted by Crippen LogP contribution is 2.20. The summed E-state index contributed by atoms with van der Waals surface area (Å²) < 4.78 is 0. The minimum atomic E-state index is 0.385. The van der Waals surface area contributed by atoms with Crippen LogP contribution >= 0.6 is 11.8 Å². The van der Waals surface area contributed by atoms with Crippen LogP contribution in [0.4, 0.5) is 0 Å². The highest BCUT2D eigenvalue weighted by molar-refractivity contribution is 7.98. The highest BCUT2D eigenvalue weighted by atomic mass is 32.2. The number of nitrogens with zero attached hydrogens (tertiary/aromatic N) is 2. The number of nitrogens with two attached hydrogens (primary N) is 1. The molecule has 0 amide bonds. The van der Waals surface area contributed by atoms with E-state index in [1.807, 2.05) is 18.4 Å². The Kier molecular flexibility index (Phi) is 3.03. The second-order valence-corrected chi connectivity index (χ2v) is 3.92. The molecule has 0 fully saturated rings. The van der Waals surface area contributed by atoms with Crippen molar-refractivity contribution in [2.75, 3.05) is 6.26 Å². The van der Waals surface area contributed by atoms with Gasteiger partial charge < -0.3 is 5.73 Å². The first-order chi connectivity index (χ1) is 7.33. The summed E-state index contributed by atoms with van der Waals surface area (Å²) in [5.74, 6) is 1.40. The number of H-pyrrole nitrogens is 1. The van der Waals surface area contributed by atoms with E-state index in [1.54, 1.807) is 11.8 Å². The van der Waals surface area contributed by atoms with E-state index in [0.717, 1.165) is 5.56 Å². The monoisotopic (exact) mass is 220 g/mol. The van der Waals surface area contributed by atoms with Crippen molar-refractivity contribution in [2.45, 2.75) is 11.4 Å². The lowest BCUT2D eigenvalue weighted by molar-refractivity contribution is 0.917. The standard InChI is InChI=1S/C10H12N4S/c1-15-8-4-2-7(3-5-8)10-12-9(6-11)13-14-10/h2-5H,6,11H2,1H3,(H,12,13,14). The Labute approximate surface area is 92.3 Å². The molecule has 0 bridgehead atoms. The third-order valence-corrected chi connectivity index (χ3v) is 2.82. The van der Waals surface area contributed by atoms with Crippen LogP contribution in [0.5, 0.6) is 0 Å². The molecule has 0 aliphatic carbocycles. The molecule has 0 aliphatic rings. The van der Waals surface area contributed by atoms with Gasteiger partial charge in [-0.15, -0.1) is 11.8 Å². The van der Waals surface area contributed by atoms with Gasteiger partial charge in [-0.2, -0.15) is 5.10 Å². The van der Waals surface area contributed by atoms with Crippen molar-refractivity contribution in [3.63, 3.8) is 0 Å². The number of hydrogen-bond donors (Lipinski definition) is 2. The van der Waals surface area contributed by atoms with Gasteiger partial charge in [-0.25, -0.2) is 4.98 Å². The normalized spacial score (nSPS) is 10.5. The number of benzene rings is 1. The maximum Gasteiger partial charge on any atom is 0.181 e. The van der Waals surface area contributed by atoms with Gasteiger partial charge in [0.2, 0.25) is 0 Å². The molecule has 1 aromatic heterocycles. The molecule has 4 nitrogen and oxygen atoms in total. The topological polar surface area (TPSA) is 67.6 Å². The Morgan fingerprint density at radius 2 is 2.07 bits per heavy atom. The molecule has 3 N–H and O–H groups in total. The quantitative estimate of drug-likeness (QED) is 0.772. The maximum atomic E-state index is 5.45. The summed E-state index contributed by atoms with van der Waals surface area (Å²) in [6.07, 6.45) is 2.05. The molecular formula is C10H12N4S. The lowest BCUT2D eigenvalue weighted by Gasteiger charge is -1.97. The summed E-state index contributed by atoms with van der Waals surface area (Å²) in [6, 6.07) is 8.13. The van der Waals surface area contributed by atoms with E-state index < -0.39 is 0 Å². The van der Waals surface area contributed by atoms with Gasteiger partial charge in [0.05, 0.1) is 6.54 Å². The summed E-state index contributed by atoms with van der Waals surface area (Å²) in [5.41, 5.74) is 6.45. The molecule has 0 atom stereocenters. The predicted octanol–water partition coefficient (Wildman–Crippen LogP) is 1.65. The highest BCUT2D eigenvalue weighted by Gasteiger charge is 2.04. The van der Waals surface area contributed by atoms with Gasteiger partial charge in [0, 0.05) is 10.5 Å². The molecule has 1 aromatic carbocycles. The van der Waals surface area contributed by atoms with Crippen molar-refractivity contribution in [1.82, 2.24) is 15.2 Å². The minimum Gasteiger partial charge on any atom is -0.324 e. The fourth-order valence-corrected chi connectivity index (χ4v) is 1.66. The van der Waals surface area contributed by atoms with Gasteiger partial charge in [0.25, 0.3) is 0 Å². The van der Waals surface area contributed by atoms with E-state index in [4.69, 9.17) is 5.73 Å². The summed E-state index contributed by atoms with van der Waals surface area (Å²) in [7, 11) is 0. The fraction of sp³-hybridized carbons (Fsp3) is 0.200. The van der Waals surface area contributed by atoms with Crippen LogP contribution in [0.1, 0.15) is 5.82 Å². The van der Waals surface area contributed by atoms with Crippen molar-refractivity contribution in [1.29, 1.82) is 0 Å². The minimum absolute atomic E-state index is 0.385. The van der Waals surface area contributed by atoms with Crippen molar-refractivity contribution in [3.05, 3.63) is 30.1 Å². The lowest BCUT2D eigenvalue weighted by atomic mass is 10.2. The van der Waals surface area contributed by atoms with E-state index in [-0.39, 0.29) is 0 Å². The summed E-state index contributed by atoms with van der Waals surface area (Å²) >= 11 is 1.71. The van der Waals surface area contributed by atoms with Crippen molar-refractivity contribution in [2.24, 2.45) is 5.73 Å². The Bertz CT molecular complexity index is 435. The number of rotatable bonds is 3. The first-order valence-corrected chi connectivity index (χ1v) is 5.81. The molecule has 78 valence electrons. The first-order valence-electron chi connectivity index (χ1n) is 4.59. The largest absolute Gasteiger partial charge is 0.324 e. The van der Waals surface area contributed by atoms with Crippen LogP contribution in [0.2, 0.25) is 0 Å². The molecule has 0 unspecified atom stereocenters. The molecule has 5 heteroatoms. The smallest absolute Gasteiger partial charge is 0.181 e. The summed E-state index contributed by atoms with van der Waals surface area (Å²) in [5, 5.41) is 6.88. The molecule has 15 heavy (non-hydrogen) atoms. The second kappa shape index (κ2) is 4.46. The lowest BCUT2D eigenvalue weighted by Crippen LogP contribution is -1.97. The van der Waals surface area contributed by atoms with E-state index in [2.05, 4.69) is 27.3 Å². The summed E-state index contributed by atoms with van der Waals surface area (Å²) in [4.78, 5) is 5.49. The number of aromatic amines is 1. The molecule has 2 aromatic rings. The van der Waals surface area contributed by atoms with Crippen LogP contribution in [-0.2, 0) is 6.54 Å². The van der Waals surface area contributed by atoms with Crippen molar-refractivity contribution < 1.29 is 0 Å². The number of nitrogens with one attached hydrogen (secondary N) is 1. The van der Waals surface area contributed by atoms with E-state index in [9.17, 15) is 0 Å². The zero-order chi connectivity index (χ0) is 10.7. The third kappa shape index (κ3) is 2.19. The molecule has 0 saturated heterocycles. The van der Waals surface area contributed by atoms with Crippen LogP contribution in [-0.4, -0.2) is 21.4 Å². The maximum absolute atomic E-state index is 5.45. The Morgan fingerprint density at radius 1 is 1.33 bits per heavy atom. The average molecular weight is 220 g/mol. The molecule has 0 spiro atoms. The van der Waals surface area contributed by atoms with Gasteiger partial charge in [-0.3, -0.25) is 5.10 Å². The Morgan fingerprint density at radius 3 is 2.60 bits per heavy atom. The van der Waals surface area contributed by atoms with E-state index in [1.165, 1.54) is 4.90 Å². The predicted molar refractivity (Wildman–Crippen MR) is 61.5 cm³/mol. The zero-order valence-corrected chi connectivity index (χ0v) is 9.21. The molecule has 2 rings (SSSR count). The van der Waals surface area contributed by atoms with Gasteiger partial charge in [-0.05, 0) is 18.4 Å².